The van der Waals surface area contributed by atoms with Crippen LogP contribution in [0.2, 0.25) is 0 Å². The molecule has 1 aromatic carbocycles. The van der Waals surface area contributed by atoms with E-state index in [1.807, 2.05) is 0 Å². The number of hydrogen-bond acceptors (Lipinski definition) is 3. The lowest BCUT2D eigenvalue weighted by molar-refractivity contribution is 0.865. The zero-order valence-electron chi connectivity index (χ0n) is 10.4. The van der Waals surface area contributed by atoms with Crippen LogP contribution >= 0.6 is 11.8 Å². The highest BCUT2D eigenvalue weighted by Gasteiger charge is 2.02. The van der Waals surface area contributed by atoms with Gasteiger partial charge < -0.3 is 0 Å². The maximum Gasteiger partial charge on any atom is 0.102 e. The molecule has 0 aliphatic heterocycles. The molecule has 0 fully saturated rings. The number of nitrogens with zero attached hydrogens (tertiary/aromatic N) is 2. The second-order valence-corrected chi connectivity index (χ2v) is 5.41. The van der Waals surface area contributed by atoms with Crippen molar-refractivity contribution in [2.45, 2.75) is 29.7 Å². The predicted molar refractivity (Wildman–Crippen MR) is 73.6 cm³/mol. The highest BCUT2D eigenvalue weighted by Crippen LogP contribution is 2.27. The minimum Gasteiger partial charge on any atom is -0.250 e. The summed E-state index contributed by atoms with van der Waals surface area (Å²) in [5, 5.41) is 9.69. The molecule has 0 aliphatic carbocycles. The van der Waals surface area contributed by atoms with Crippen molar-refractivity contribution in [3.05, 3.63) is 53.7 Å². The van der Waals surface area contributed by atoms with Crippen molar-refractivity contribution in [3.8, 4) is 6.07 Å². The van der Waals surface area contributed by atoms with Crippen molar-refractivity contribution in [1.29, 1.82) is 5.26 Å². The first-order valence-electron chi connectivity index (χ1n) is 5.83. The third-order valence-corrected chi connectivity index (χ3v) is 3.57. The molecule has 0 bridgehead atoms. The minimum absolute atomic E-state index is 0.545. The molecule has 0 atom stereocenters. The number of nitriles is 1. The monoisotopic (exact) mass is 254 g/mol. The lowest BCUT2D eigenvalue weighted by Crippen LogP contribution is -1.86. The summed E-state index contributed by atoms with van der Waals surface area (Å²) in [7, 11) is 0. The number of benzene rings is 1. The summed E-state index contributed by atoms with van der Waals surface area (Å²) in [6.45, 7) is 4.36. The maximum absolute atomic E-state index is 8.84. The van der Waals surface area contributed by atoms with Gasteiger partial charge in [-0.15, -0.1) is 0 Å². The number of rotatable bonds is 3. The van der Waals surface area contributed by atoms with E-state index in [0.717, 1.165) is 9.92 Å². The molecule has 2 aromatic rings. The summed E-state index contributed by atoms with van der Waals surface area (Å²) >= 11 is 1.58. The zero-order chi connectivity index (χ0) is 13.0. The molecule has 0 unspecified atom stereocenters. The van der Waals surface area contributed by atoms with Crippen LogP contribution in [0.25, 0.3) is 0 Å². The van der Waals surface area contributed by atoms with E-state index in [4.69, 9.17) is 5.26 Å². The first-order chi connectivity index (χ1) is 8.69. The SMILES string of the molecule is CC(C)c1ccc(Sc2cc(C#N)ccn2)cc1. The summed E-state index contributed by atoms with van der Waals surface area (Å²) in [5.41, 5.74) is 1.98. The predicted octanol–water partition coefficient (Wildman–Crippen LogP) is 4.23. The van der Waals surface area contributed by atoms with Gasteiger partial charge in [-0.1, -0.05) is 37.7 Å². The van der Waals surface area contributed by atoms with Gasteiger partial charge in [-0.05, 0) is 35.7 Å². The lowest BCUT2D eigenvalue weighted by Gasteiger charge is -2.06. The van der Waals surface area contributed by atoms with Crippen LogP contribution < -0.4 is 0 Å². The topological polar surface area (TPSA) is 36.7 Å². The van der Waals surface area contributed by atoms with Crippen molar-refractivity contribution >= 4 is 11.8 Å². The molecule has 0 amide bonds. The Bertz CT molecular complexity index is 568. The number of pyridine rings is 1. The van der Waals surface area contributed by atoms with Crippen LogP contribution in [0.3, 0.4) is 0 Å². The van der Waals surface area contributed by atoms with E-state index in [-0.39, 0.29) is 0 Å². The van der Waals surface area contributed by atoms with Crippen molar-refractivity contribution in [1.82, 2.24) is 4.98 Å². The molecule has 2 nitrogen and oxygen atoms in total. The van der Waals surface area contributed by atoms with E-state index in [0.29, 0.717) is 11.5 Å². The van der Waals surface area contributed by atoms with Gasteiger partial charge in [0.2, 0.25) is 0 Å². The normalized spacial score (nSPS) is 10.3. The molecule has 0 saturated carbocycles. The molecule has 0 spiro atoms. The Labute approximate surface area is 112 Å². The molecule has 0 aliphatic rings. The van der Waals surface area contributed by atoms with Crippen molar-refractivity contribution in [2.24, 2.45) is 0 Å². The average molecular weight is 254 g/mol. The van der Waals surface area contributed by atoms with Gasteiger partial charge in [0.1, 0.15) is 5.03 Å². The Morgan fingerprint density at radius 2 is 1.89 bits per heavy atom. The number of hydrogen-bond donors (Lipinski definition) is 0. The molecule has 0 N–H and O–H groups in total. The van der Waals surface area contributed by atoms with Crippen LogP contribution in [-0.2, 0) is 0 Å². The average Bonchev–Trinajstić information content (AvgIpc) is 2.39. The van der Waals surface area contributed by atoms with Crippen LogP contribution in [0.5, 0.6) is 0 Å². The molecule has 1 aromatic heterocycles. The van der Waals surface area contributed by atoms with E-state index in [1.165, 1.54) is 5.56 Å². The summed E-state index contributed by atoms with van der Waals surface area (Å²) in [6.07, 6.45) is 1.67. The summed E-state index contributed by atoms with van der Waals surface area (Å²) < 4.78 is 0. The highest BCUT2D eigenvalue weighted by atomic mass is 32.2. The van der Waals surface area contributed by atoms with E-state index >= 15 is 0 Å². The van der Waals surface area contributed by atoms with Crippen LogP contribution in [0.4, 0.5) is 0 Å². The first-order valence-corrected chi connectivity index (χ1v) is 6.64. The van der Waals surface area contributed by atoms with Crippen molar-refractivity contribution in [3.63, 3.8) is 0 Å². The Morgan fingerprint density at radius 1 is 1.17 bits per heavy atom. The standard InChI is InChI=1S/C15H14N2S/c1-11(2)13-3-5-14(6-4-13)18-15-9-12(10-16)7-8-17-15/h3-9,11H,1-2H3. The first kappa shape index (κ1) is 12.7. The minimum atomic E-state index is 0.545. The van der Waals surface area contributed by atoms with Crippen LogP contribution in [-0.4, -0.2) is 4.98 Å². The van der Waals surface area contributed by atoms with Crippen molar-refractivity contribution in [2.75, 3.05) is 0 Å². The molecular formula is C15H14N2S. The molecule has 18 heavy (non-hydrogen) atoms. The second kappa shape index (κ2) is 5.70. The van der Waals surface area contributed by atoms with Gasteiger partial charge in [-0.25, -0.2) is 4.98 Å². The molecule has 0 saturated heterocycles. The van der Waals surface area contributed by atoms with Gasteiger partial charge >= 0.3 is 0 Å². The van der Waals surface area contributed by atoms with E-state index in [2.05, 4.69) is 49.2 Å². The fourth-order valence-electron chi connectivity index (χ4n) is 1.58. The summed E-state index contributed by atoms with van der Waals surface area (Å²) in [4.78, 5) is 5.39. The Morgan fingerprint density at radius 3 is 2.50 bits per heavy atom. The molecule has 2 rings (SSSR count). The van der Waals surface area contributed by atoms with Crippen LogP contribution in [0.1, 0.15) is 30.9 Å². The fraction of sp³-hybridized carbons (Fsp3) is 0.200. The molecule has 90 valence electrons. The van der Waals surface area contributed by atoms with Gasteiger partial charge in [-0.2, -0.15) is 5.26 Å². The second-order valence-electron chi connectivity index (χ2n) is 4.32. The highest BCUT2D eigenvalue weighted by molar-refractivity contribution is 7.99. The molecule has 3 heteroatoms. The summed E-state index contributed by atoms with van der Waals surface area (Å²) in [5.74, 6) is 0.545. The molecule has 1 heterocycles. The Balaban J connectivity index is 2.16. The smallest absolute Gasteiger partial charge is 0.102 e. The maximum atomic E-state index is 8.84. The number of aromatic nitrogens is 1. The largest absolute Gasteiger partial charge is 0.250 e. The van der Waals surface area contributed by atoms with Gasteiger partial charge in [0, 0.05) is 11.1 Å². The summed E-state index contributed by atoms with van der Waals surface area (Å²) in [6, 6.07) is 14.1. The van der Waals surface area contributed by atoms with Crippen LogP contribution in [0.15, 0.2) is 52.5 Å². The van der Waals surface area contributed by atoms with Crippen LogP contribution in [0, 0.1) is 11.3 Å². The molecular weight excluding hydrogens is 240 g/mol. The molecule has 0 radical (unpaired) electrons. The zero-order valence-corrected chi connectivity index (χ0v) is 11.2. The van der Waals surface area contributed by atoms with E-state index < -0.39 is 0 Å². The van der Waals surface area contributed by atoms with E-state index in [9.17, 15) is 0 Å². The van der Waals surface area contributed by atoms with Gasteiger partial charge in [0.05, 0.1) is 11.6 Å². The third kappa shape index (κ3) is 3.12. The Hall–Kier alpha value is -1.79. The Kier molecular flexibility index (Phi) is 4.01. The van der Waals surface area contributed by atoms with E-state index in [1.54, 1.807) is 30.1 Å². The van der Waals surface area contributed by atoms with Gasteiger partial charge in [-0.3, -0.25) is 0 Å². The van der Waals surface area contributed by atoms with Gasteiger partial charge in [0.15, 0.2) is 0 Å². The third-order valence-electron chi connectivity index (χ3n) is 2.63. The quantitative estimate of drug-likeness (QED) is 0.822. The van der Waals surface area contributed by atoms with Crippen molar-refractivity contribution < 1.29 is 0 Å². The lowest BCUT2D eigenvalue weighted by atomic mass is 10.0. The van der Waals surface area contributed by atoms with Gasteiger partial charge in [0.25, 0.3) is 0 Å². The fourth-order valence-corrected chi connectivity index (χ4v) is 2.39.